The van der Waals surface area contributed by atoms with E-state index in [-0.39, 0.29) is 16.4 Å². The van der Waals surface area contributed by atoms with Crippen molar-refractivity contribution in [2.45, 2.75) is 11.8 Å². The lowest BCUT2D eigenvalue weighted by Gasteiger charge is -2.11. The van der Waals surface area contributed by atoms with Gasteiger partial charge in [0.2, 0.25) is 0 Å². The predicted octanol–water partition coefficient (Wildman–Crippen LogP) is 3.96. The van der Waals surface area contributed by atoms with Crippen molar-refractivity contribution in [3.05, 3.63) is 76.0 Å². The van der Waals surface area contributed by atoms with E-state index in [1.807, 2.05) is 12.3 Å². The van der Waals surface area contributed by atoms with Gasteiger partial charge in [0.05, 0.1) is 10.5 Å². The van der Waals surface area contributed by atoms with Crippen LogP contribution < -0.4 is 10.6 Å². The third-order valence-corrected chi connectivity index (χ3v) is 5.83. The number of aryl methyl sites for hydroxylation is 1. The van der Waals surface area contributed by atoms with Crippen molar-refractivity contribution in [3.8, 4) is 0 Å². The highest BCUT2D eigenvalue weighted by Gasteiger charge is 2.13. The summed E-state index contributed by atoms with van der Waals surface area (Å²) in [5, 5.41) is 9.17. The summed E-state index contributed by atoms with van der Waals surface area (Å²) in [6, 6.07) is 12.8. The Morgan fingerprint density at radius 3 is 2.32 bits per heavy atom. The first-order valence-corrected chi connectivity index (χ1v) is 11.1. The van der Waals surface area contributed by atoms with Crippen LogP contribution in [0.2, 0.25) is 0 Å². The smallest absolute Gasteiger partial charge is 0.256 e. The standard InChI is InChI=1S/C20H18N2O4S2/c1-13-10-16(21-20(24)15-8-9-27-12-15)6-7-18(13)22-19(23)14-4-3-5-17(11-14)28(2,25)26/h3-12H,1-2H3,(H,21,24)(H,22,23). The van der Waals surface area contributed by atoms with Crippen LogP contribution in [-0.4, -0.2) is 26.5 Å². The minimum Gasteiger partial charge on any atom is -0.322 e. The average Bonchev–Trinajstić information content (AvgIpc) is 3.18. The molecule has 0 fully saturated rings. The van der Waals surface area contributed by atoms with E-state index in [0.29, 0.717) is 16.9 Å². The lowest BCUT2D eigenvalue weighted by molar-refractivity contribution is 0.101. The van der Waals surface area contributed by atoms with Gasteiger partial charge in [0.25, 0.3) is 11.8 Å². The fourth-order valence-corrected chi connectivity index (χ4v) is 3.84. The summed E-state index contributed by atoms with van der Waals surface area (Å²) >= 11 is 1.45. The summed E-state index contributed by atoms with van der Waals surface area (Å²) in [6.45, 7) is 1.81. The molecule has 1 aromatic heterocycles. The molecule has 0 spiro atoms. The Morgan fingerprint density at radius 1 is 0.929 bits per heavy atom. The van der Waals surface area contributed by atoms with Crippen molar-refractivity contribution in [1.29, 1.82) is 0 Å². The zero-order valence-corrected chi connectivity index (χ0v) is 16.9. The fraction of sp³-hybridized carbons (Fsp3) is 0.100. The molecule has 0 aliphatic heterocycles. The maximum atomic E-state index is 12.5. The van der Waals surface area contributed by atoms with Crippen LogP contribution in [0.15, 0.2) is 64.2 Å². The van der Waals surface area contributed by atoms with Crippen molar-refractivity contribution in [2.24, 2.45) is 0 Å². The predicted molar refractivity (Wildman–Crippen MR) is 111 cm³/mol. The van der Waals surface area contributed by atoms with Crippen LogP contribution in [0.3, 0.4) is 0 Å². The molecule has 2 N–H and O–H groups in total. The fourth-order valence-electron chi connectivity index (χ4n) is 2.54. The van der Waals surface area contributed by atoms with Gasteiger partial charge in [-0.1, -0.05) is 6.07 Å². The van der Waals surface area contributed by atoms with Crippen molar-refractivity contribution >= 4 is 44.4 Å². The van der Waals surface area contributed by atoms with Gasteiger partial charge in [0.15, 0.2) is 9.84 Å². The number of thiophene rings is 1. The van der Waals surface area contributed by atoms with E-state index in [1.165, 1.54) is 29.5 Å². The second-order valence-corrected chi connectivity index (χ2v) is 9.05. The molecule has 0 radical (unpaired) electrons. The van der Waals surface area contributed by atoms with Crippen LogP contribution in [-0.2, 0) is 9.84 Å². The second kappa shape index (κ2) is 7.95. The Bertz CT molecular complexity index is 1140. The first-order valence-electron chi connectivity index (χ1n) is 8.30. The Morgan fingerprint density at radius 2 is 1.68 bits per heavy atom. The maximum Gasteiger partial charge on any atom is 0.256 e. The topological polar surface area (TPSA) is 92.3 Å². The molecule has 144 valence electrons. The molecule has 0 unspecified atom stereocenters. The quantitative estimate of drug-likeness (QED) is 0.661. The molecule has 0 atom stereocenters. The maximum absolute atomic E-state index is 12.5. The Hall–Kier alpha value is -2.97. The van der Waals surface area contributed by atoms with E-state index in [4.69, 9.17) is 0 Å². The molecule has 28 heavy (non-hydrogen) atoms. The van der Waals surface area contributed by atoms with Gasteiger partial charge < -0.3 is 10.6 Å². The number of nitrogens with one attached hydrogen (secondary N) is 2. The molecule has 1 heterocycles. The van der Waals surface area contributed by atoms with Crippen molar-refractivity contribution in [3.63, 3.8) is 0 Å². The number of carbonyl (C=O) groups is 2. The number of hydrogen-bond acceptors (Lipinski definition) is 5. The van der Waals surface area contributed by atoms with E-state index >= 15 is 0 Å². The number of amides is 2. The number of anilines is 2. The highest BCUT2D eigenvalue weighted by atomic mass is 32.2. The highest BCUT2D eigenvalue weighted by molar-refractivity contribution is 7.90. The van der Waals surface area contributed by atoms with E-state index in [9.17, 15) is 18.0 Å². The summed E-state index contributed by atoms with van der Waals surface area (Å²) in [5.74, 6) is -0.612. The van der Waals surface area contributed by atoms with Gasteiger partial charge in [-0.05, 0) is 60.3 Å². The van der Waals surface area contributed by atoms with Crippen LogP contribution in [0.5, 0.6) is 0 Å². The molecule has 0 saturated heterocycles. The van der Waals surface area contributed by atoms with Gasteiger partial charge in [-0.2, -0.15) is 11.3 Å². The Balaban J connectivity index is 1.74. The van der Waals surface area contributed by atoms with Crippen molar-refractivity contribution in [1.82, 2.24) is 0 Å². The normalized spacial score (nSPS) is 11.1. The largest absolute Gasteiger partial charge is 0.322 e. The molecule has 3 rings (SSSR count). The van der Waals surface area contributed by atoms with E-state index < -0.39 is 15.7 Å². The van der Waals surface area contributed by atoms with Gasteiger partial charge in [-0.25, -0.2) is 8.42 Å². The summed E-state index contributed by atoms with van der Waals surface area (Å²) in [4.78, 5) is 24.7. The van der Waals surface area contributed by atoms with Gasteiger partial charge in [0.1, 0.15) is 0 Å². The molecule has 8 heteroatoms. The average molecular weight is 415 g/mol. The molecule has 0 aliphatic rings. The third-order valence-electron chi connectivity index (χ3n) is 4.04. The van der Waals surface area contributed by atoms with Crippen LogP contribution in [0.25, 0.3) is 0 Å². The molecule has 0 bridgehead atoms. The molecule has 2 amide bonds. The van der Waals surface area contributed by atoms with Gasteiger partial charge in [-0.15, -0.1) is 0 Å². The van der Waals surface area contributed by atoms with Crippen LogP contribution in [0, 0.1) is 6.92 Å². The third kappa shape index (κ3) is 4.65. The zero-order valence-electron chi connectivity index (χ0n) is 15.2. The van der Waals surface area contributed by atoms with Crippen LogP contribution in [0.1, 0.15) is 26.3 Å². The monoisotopic (exact) mass is 414 g/mol. The molecule has 0 aliphatic carbocycles. The molecule has 6 nitrogen and oxygen atoms in total. The number of hydrogen-bond donors (Lipinski definition) is 2. The molecular weight excluding hydrogens is 396 g/mol. The minimum absolute atomic E-state index is 0.0864. The first kappa shape index (κ1) is 19.8. The summed E-state index contributed by atoms with van der Waals surface area (Å²) in [5.41, 5.74) is 2.78. The lowest BCUT2D eigenvalue weighted by atomic mass is 10.1. The Kier molecular flexibility index (Phi) is 5.62. The number of rotatable bonds is 5. The van der Waals surface area contributed by atoms with Gasteiger partial charge >= 0.3 is 0 Å². The van der Waals surface area contributed by atoms with Crippen LogP contribution >= 0.6 is 11.3 Å². The Labute approximate surface area is 167 Å². The summed E-state index contributed by atoms with van der Waals surface area (Å²) in [6.07, 6.45) is 1.09. The summed E-state index contributed by atoms with van der Waals surface area (Å²) < 4.78 is 23.3. The SMILES string of the molecule is Cc1cc(NC(=O)c2ccsc2)ccc1NC(=O)c1cccc(S(C)(=O)=O)c1. The first-order chi connectivity index (χ1) is 13.2. The lowest BCUT2D eigenvalue weighted by Crippen LogP contribution is -2.14. The molecule has 3 aromatic rings. The van der Waals surface area contributed by atoms with Crippen LogP contribution in [0.4, 0.5) is 11.4 Å². The number of carbonyl (C=O) groups excluding carboxylic acids is 2. The second-order valence-electron chi connectivity index (χ2n) is 6.25. The van der Waals surface area contributed by atoms with Crippen molar-refractivity contribution < 1.29 is 18.0 Å². The molecule has 0 saturated carbocycles. The zero-order chi connectivity index (χ0) is 20.3. The molecule has 2 aromatic carbocycles. The highest BCUT2D eigenvalue weighted by Crippen LogP contribution is 2.22. The van der Waals surface area contributed by atoms with Crippen molar-refractivity contribution in [2.75, 3.05) is 16.9 Å². The van der Waals surface area contributed by atoms with Gasteiger partial charge in [0, 0.05) is 28.6 Å². The minimum atomic E-state index is -3.40. The summed E-state index contributed by atoms with van der Waals surface area (Å²) in [7, 11) is -3.40. The molecular formula is C20H18N2O4S2. The van der Waals surface area contributed by atoms with E-state index in [1.54, 1.807) is 35.7 Å². The van der Waals surface area contributed by atoms with E-state index in [0.717, 1.165) is 11.8 Å². The number of benzene rings is 2. The van der Waals surface area contributed by atoms with E-state index in [2.05, 4.69) is 10.6 Å². The number of sulfone groups is 1. The van der Waals surface area contributed by atoms with Gasteiger partial charge in [-0.3, -0.25) is 9.59 Å².